The first-order valence-corrected chi connectivity index (χ1v) is 6.34. The van der Waals surface area contributed by atoms with Crippen LogP contribution in [0.3, 0.4) is 0 Å². The fraction of sp³-hybridized carbons (Fsp3) is 0.133. The van der Waals surface area contributed by atoms with Gasteiger partial charge in [-0.2, -0.15) is 5.06 Å². The van der Waals surface area contributed by atoms with Gasteiger partial charge in [0.1, 0.15) is 0 Å². The van der Waals surface area contributed by atoms with E-state index in [4.69, 9.17) is 5.73 Å². The van der Waals surface area contributed by atoms with Crippen LogP contribution in [0.1, 0.15) is 5.56 Å². The second kappa shape index (κ2) is 4.91. The van der Waals surface area contributed by atoms with Crippen LogP contribution in [0, 0.1) is 11.6 Å². The maximum atomic E-state index is 13.3. The van der Waals surface area contributed by atoms with Gasteiger partial charge in [0, 0.05) is 0 Å². The summed E-state index contributed by atoms with van der Waals surface area (Å²) in [5, 5.41) is 10.3. The van der Waals surface area contributed by atoms with Crippen molar-refractivity contribution in [3.63, 3.8) is 0 Å². The van der Waals surface area contributed by atoms with Crippen molar-refractivity contribution in [2.45, 2.75) is 12.5 Å². The predicted octanol–water partition coefficient (Wildman–Crippen LogP) is 2.24. The van der Waals surface area contributed by atoms with Crippen molar-refractivity contribution in [1.82, 2.24) is 0 Å². The normalized spacial score (nSPS) is 17.8. The highest BCUT2D eigenvalue weighted by molar-refractivity contribution is 5.98. The Bertz CT molecular complexity index is 734. The van der Waals surface area contributed by atoms with E-state index in [9.17, 15) is 18.8 Å². The van der Waals surface area contributed by atoms with E-state index in [1.807, 2.05) is 0 Å². The van der Waals surface area contributed by atoms with Gasteiger partial charge in [0.25, 0.3) is 5.91 Å². The number of carbonyl (C=O) groups is 1. The standard InChI is InChI=1S/C15H12F2N2O2/c16-11-4-3-8(5-12(11)17)9-1-2-10-6-13(18)15(20)19(21)14(10)7-9/h1-5,7,13,21H,6,18H2. The Labute approximate surface area is 119 Å². The minimum absolute atomic E-state index is 0.309. The van der Waals surface area contributed by atoms with Gasteiger partial charge in [-0.15, -0.1) is 0 Å². The van der Waals surface area contributed by atoms with E-state index in [-0.39, 0.29) is 0 Å². The number of fused-ring (bicyclic) bond motifs is 1. The average Bonchev–Trinajstić information content (AvgIpc) is 2.47. The number of anilines is 1. The molecule has 0 saturated heterocycles. The lowest BCUT2D eigenvalue weighted by molar-refractivity contribution is -0.125. The molecule has 6 heteroatoms. The molecule has 21 heavy (non-hydrogen) atoms. The van der Waals surface area contributed by atoms with Gasteiger partial charge in [0.2, 0.25) is 0 Å². The maximum absolute atomic E-state index is 13.3. The lowest BCUT2D eigenvalue weighted by Crippen LogP contribution is -2.47. The van der Waals surface area contributed by atoms with Gasteiger partial charge in [-0.3, -0.25) is 10.0 Å². The Kier molecular flexibility index (Phi) is 3.19. The van der Waals surface area contributed by atoms with Crippen molar-refractivity contribution in [2.24, 2.45) is 5.73 Å². The van der Waals surface area contributed by atoms with Crippen LogP contribution in [-0.4, -0.2) is 17.2 Å². The lowest BCUT2D eigenvalue weighted by atomic mass is 9.95. The molecule has 0 aliphatic carbocycles. The molecule has 1 amide bonds. The molecular weight excluding hydrogens is 278 g/mol. The van der Waals surface area contributed by atoms with E-state index >= 15 is 0 Å². The molecule has 2 aromatic carbocycles. The van der Waals surface area contributed by atoms with E-state index in [0.717, 1.165) is 17.7 Å². The molecule has 1 heterocycles. The third kappa shape index (κ3) is 2.28. The molecule has 1 aliphatic heterocycles. The van der Waals surface area contributed by atoms with Crippen molar-refractivity contribution in [1.29, 1.82) is 0 Å². The Balaban J connectivity index is 2.07. The van der Waals surface area contributed by atoms with Gasteiger partial charge in [0.15, 0.2) is 11.6 Å². The first kappa shape index (κ1) is 13.7. The highest BCUT2D eigenvalue weighted by Gasteiger charge is 2.29. The quantitative estimate of drug-likeness (QED) is 0.792. The molecule has 0 fully saturated rings. The maximum Gasteiger partial charge on any atom is 0.267 e. The minimum atomic E-state index is -0.954. The SMILES string of the molecule is NC1Cc2ccc(-c3ccc(F)c(F)c3)cc2N(O)C1=O. The van der Waals surface area contributed by atoms with Crippen molar-refractivity contribution < 1.29 is 18.8 Å². The number of carbonyl (C=O) groups excluding carboxylic acids is 1. The largest absolute Gasteiger partial charge is 0.320 e. The van der Waals surface area contributed by atoms with E-state index in [1.54, 1.807) is 18.2 Å². The Morgan fingerprint density at radius 1 is 1.10 bits per heavy atom. The zero-order valence-corrected chi connectivity index (χ0v) is 10.9. The highest BCUT2D eigenvalue weighted by atomic mass is 19.2. The minimum Gasteiger partial charge on any atom is -0.320 e. The molecule has 2 aromatic rings. The van der Waals surface area contributed by atoms with Crippen LogP contribution in [0.5, 0.6) is 0 Å². The molecule has 1 aliphatic rings. The molecule has 0 radical (unpaired) electrons. The van der Waals surface area contributed by atoms with Crippen LogP contribution in [0.4, 0.5) is 14.5 Å². The van der Waals surface area contributed by atoms with Gasteiger partial charge >= 0.3 is 0 Å². The number of halogens is 2. The third-order valence-corrected chi connectivity index (χ3v) is 3.53. The fourth-order valence-electron chi connectivity index (χ4n) is 2.39. The molecule has 0 bridgehead atoms. The summed E-state index contributed by atoms with van der Waals surface area (Å²) in [7, 11) is 0. The summed E-state index contributed by atoms with van der Waals surface area (Å²) in [6.45, 7) is 0. The summed E-state index contributed by atoms with van der Waals surface area (Å²) in [4.78, 5) is 11.7. The van der Waals surface area contributed by atoms with Gasteiger partial charge in [-0.05, 0) is 41.3 Å². The zero-order valence-electron chi connectivity index (χ0n) is 10.9. The van der Waals surface area contributed by atoms with Crippen LogP contribution < -0.4 is 10.8 Å². The monoisotopic (exact) mass is 290 g/mol. The summed E-state index contributed by atoms with van der Waals surface area (Å²) >= 11 is 0. The molecule has 1 unspecified atom stereocenters. The van der Waals surface area contributed by atoms with Crippen LogP contribution in [0.2, 0.25) is 0 Å². The fourth-order valence-corrected chi connectivity index (χ4v) is 2.39. The summed E-state index contributed by atoms with van der Waals surface area (Å²) in [5.74, 6) is -2.48. The molecule has 0 aromatic heterocycles. The molecule has 0 spiro atoms. The first-order chi connectivity index (χ1) is 9.97. The smallest absolute Gasteiger partial charge is 0.267 e. The average molecular weight is 290 g/mol. The number of hydrogen-bond donors (Lipinski definition) is 2. The number of hydroxylamine groups is 1. The number of nitrogens with two attached hydrogens (primary N) is 1. The number of hydrogen-bond acceptors (Lipinski definition) is 3. The Morgan fingerprint density at radius 2 is 1.76 bits per heavy atom. The van der Waals surface area contributed by atoms with Crippen LogP contribution in [0.25, 0.3) is 11.1 Å². The first-order valence-electron chi connectivity index (χ1n) is 6.34. The second-order valence-electron chi connectivity index (χ2n) is 4.93. The predicted molar refractivity (Wildman–Crippen MR) is 72.7 cm³/mol. The van der Waals surface area contributed by atoms with Gasteiger partial charge in [-0.1, -0.05) is 18.2 Å². The van der Waals surface area contributed by atoms with E-state index in [1.165, 1.54) is 6.07 Å². The number of rotatable bonds is 1. The Morgan fingerprint density at radius 3 is 2.48 bits per heavy atom. The van der Waals surface area contributed by atoms with Gasteiger partial charge in [0.05, 0.1) is 11.7 Å². The summed E-state index contributed by atoms with van der Waals surface area (Å²) < 4.78 is 26.3. The number of nitrogens with zero attached hydrogens (tertiary/aromatic N) is 1. The molecule has 3 rings (SSSR count). The second-order valence-corrected chi connectivity index (χ2v) is 4.93. The molecule has 0 saturated carbocycles. The van der Waals surface area contributed by atoms with Crippen LogP contribution in [0.15, 0.2) is 36.4 Å². The highest BCUT2D eigenvalue weighted by Crippen LogP contribution is 2.31. The van der Waals surface area contributed by atoms with Gasteiger partial charge < -0.3 is 5.73 Å². The number of benzene rings is 2. The summed E-state index contributed by atoms with van der Waals surface area (Å²) in [5.41, 5.74) is 7.67. The lowest BCUT2D eigenvalue weighted by Gasteiger charge is -2.28. The zero-order chi connectivity index (χ0) is 15.1. The van der Waals surface area contributed by atoms with Crippen molar-refractivity contribution in [3.05, 3.63) is 53.6 Å². The van der Waals surface area contributed by atoms with Crippen molar-refractivity contribution in [3.8, 4) is 11.1 Å². The van der Waals surface area contributed by atoms with Crippen LogP contribution in [-0.2, 0) is 11.2 Å². The van der Waals surface area contributed by atoms with Crippen molar-refractivity contribution >= 4 is 11.6 Å². The molecular formula is C15H12F2N2O2. The van der Waals surface area contributed by atoms with Gasteiger partial charge in [-0.25, -0.2) is 8.78 Å². The molecule has 3 N–H and O–H groups in total. The van der Waals surface area contributed by atoms with E-state index in [0.29, 0.717) is 28.3 Å². The molecule has 108 valence electrons. The Hall–Kier alpha value is -2.31. The van der Waals surface area contributed by atoms with E-state index < -0.39 is 23.6 Å². The molecule has 4 nitrogen and oxygen atoms in total. The topological polar surface area (TPSA) is 66.6 Å². The third-order valence-electron chi connectivity index (χ3n) is 3.53. The van der Waals surface area contributed by atoms with Crippen LogP contribution >= 0.6 is 0 Å². The summed E-state index contributed by atoms with van der Waals surface area (Å²) in [6.07, 6.45) is 0.323. The molecule has 1 atom stereocenters. The van der Waals surface area contributed by atoms with E-state index in [2.05, 4.69) is 0 Å². The number of amides is 1. The van der Waals surface area contributed by atoms with Crippen molar-refractivity contribution in [2.75, 3.05) is 5.06 Å². The summed E-state index contributed by atoms with van der Waals surface area (Å²) in [6, 6.07) is 7.71.